The number of anilines is 1. The molecule has 1 amide bonds. The maximum atomic E-state index is 12.4. The van der Waals surface area contributed by atoms with E-state index in [0.717, 1.165) is 21.9 Å². The summed E-state index contributed by atoms with van der Waals surface area (Å²) in [4.78, 5) is 12.4. The van der Waals surface area contributed by atoms with E-state index in [1.54, 1.807) is 31.2 Å². The summed E-state index contributed by atoms with van der Waals surface area (Å²) in [7, 11) is 0. The number of para-hydroxylation sites is 1. The molecule has 0 aliphatic rings. The van der Waals surface area contributed by atoms with E-state index in [9.17, 15) is 4.79 Å². The van der Waals surface area contributed by atoms with Gasteiger partial charge in [-0.3, -0.25) is 4.79 Å². The SMILES string of the molecule is CC(Oc1ccc(Cl)cc1)C(=O)Nc1ccc2oc3ccccc3c2c1. The largest absolute Gasteiger partial charge is 0.481 e. The number of hydrogen-bond acceptors (Lipinski definition) is 3. The molecule has 1 unspecified atom stereocenters. The monoisotopic (exact) mass is 365 g/mol. The quantitative estimate of drug-likeness (QED) is 0.508. The highest BCUT2D eigenvalue weighted by Crippen LogP contribution is 2.30. The number of rotatable bonds is 4. The Hall–Kier alpha value is -2.98. The molecule has 1 N–H and O–H groups in total. The number of carbonyl (C=O) groups excluding carboxylic acids is 1. The van der Waals surface area contributed by atoms with Crippen LogP contribution in [0.25, 0.3) is 21.9 Å². The molecule has 4 nitrogen and oxygen atoms in total. The summed E-state index contributed by atoms with van der Waals surface area (Å²) >= 11 is 5.86. The van der Waals surface area contributed by atoms with Gasteiger partial charge in [0.25, 0.3) is 5.91 Å². The molecule has 0 aliphatic carbocycles. The molecule has 5 heteroatoms. The highest BCUT2D eigenvalue weighted by molar-refractivity contribution is 6.30. The molecular formula is C21H16ClNO3. The van der Waals surface area contributed by atoms with E-state index in [1.807, 2.05) is 42.5 Å². The van der Waals surface area contributed by atoms with Gasteiger partial charge in [0.05, 0.1) is 0 Å². The number of amides is 1. The van der Waals surface area contributed by atoms with Gasteiger partial charge >= 0.3 is 0 Å². The molecule has 1 atom stereocenters. The van der Waals surface area contributed by atoms with Gasteiger partial charge < -0.3 is 14.5 Å². The Labute approximate surface area is 155 Å². The Bertz CT molecular complexity index is 1090. The second-order valence-electron chi connectivity index (χ2n) is 6.01. The van der Waals surface area contributed by atoms with Crippen LogP contribution < -0.4 is 10.1 Å². The first-order valence-corrected chi connectivity index (χ1v) is 8.62. The zero-order chi connectivity index (χ0) is 18.1. The molecule has 3 aromatic carbocycles. The van der Waals surface area contributed by atoms with Crippen LogP contribution in [0.3, 0.4) is 0 Å². The van der Waals surface area contributed by atoms with Crippen molar-refractivity contribution in [1.82, 2.24) is 0 Å². The maximum Gasteiger partial charge on any atom is 0.265 e. The highest BCUT2D eigenvalue weighted by atomic mass is 35.5. The van der Waals surface area contributed by atoms with Crippen molar-refractivity contribution < 1.29 is 13.9 Å². The third-order valence-corrected chi connectivity index (χ3v) is 4.39. The van der Waals surface area contributed by atoms with Gasteiger partial charge in [0.2, 0.25) is 0 Å². The molecule has 0 fully saturated rings. The number of benzene rings is 3. The molecule has 0 aliphatic heterocycles. The summed E-state index contributed by atoms with van der Waals surface area (Å²) in [6.07, 6.45) is -0.645. The average molecular weight is 366 g/mol. The molecule has 130 valence electrons. The Morgan fingerprint density at radius 2 is 1.73 bits per heavy atom. The second-order valence-corrected chi connectivity index (χ2v) is 6.45. The van der Waals surface area contributed by atoms with Gasteiger partial charge in [-0.1, -0.05) is 29.8 Å². The van der Waals surface area contributed by atoms with Gasteiger partial charge in [-0.05, 0) is 55.5 Å². The molecule has 0 saturated heterocycles. The molecule has 4 aromatic rings. The predicted octanol–water partition coefficient (Wildman–Crippen LogP) is 5.65. The first-order chi connectivity index (χ1) is 12.6. The van der Waals surface area contributed by atoms with Crippen LogP contribution in [0.2, 0.25) is 5.02 Å². The van der Waals surface area contributed by atoms with E-state index in [4.69, 9.17) is 20.8 Å². The zero-order valence-electron chi connectivity index (χ0n) is 14.0. The van der Waals surface area contributed by atoms with E-state index >= 15 is 0 Å². The molecule has 4 rings (SSSR count). The van der Waals surface area contributed by atoms with E-state index in [2.05, 4.69) is 5.32 Å². The van der Waals surface area contributed by atoms with Crippen LogP contribution in [0, 0.1) is 0 Å². The van der Waals surface area contributed by atoms with Crippen molar-refractivity contribution in [3.05, 3.63) is 71.8 Å². The lowest BCUT2D eigenvalue weighted by molar-refractivity contribution is -0.122. The van der Waals surface area contributed by atoms with E-state index < -0.39 is 6.10 Å². The highest BCUT2D eigenvalue weighted by Gasteiger charge is 2.16. The van der Waals surface area contributed by atoms with Crippen LogP contribution in [-0.2, 0) is 4.79 Å². The average Bonchev–Trinajstić information content (AvgIpc) is 3.01. The molecule has 0 spiro atoms. The minimum absolute atomic E-state index is 0.230. The van der Waals surface area contributed by atoms with Crippen LogP contribution in [-0.4, -0.2) is 12.0 Å². The van der Waals surface area contributed by atoms with Gasteiger partial charge in [-0.25, -0.2) is 0 Å². The molecular weight excluding hydrogens is 350 g/mol. The minimum Gasteiger partial charge on any atom is -0.481 e. The Balaban J connectivity index is 1.53. The lowest BCUT2D eigenvalue weighted by atomic mass is 10.1. The van der Waals surface area contributed by atoms with Crippen LogP contribution in [0.4, 0.5) is 5.69 Å². The van der Waals surface area contributed by atoms with Gasteiger partial charge in [0.15, 0.2) is 6.10 Å². The fraction of sp³-hybridized carbons (Fsp3) is 0.0952. The Kier molecular flexibility index (Phi) is 4.27. The molecule has 0 bridgehead atoms. The second kappa shape index (κ2) is 6.73. The number of fused-ring (bicyclic) bond motifs is 3. The lowest BCUT2D eigenvalue weighted by Crippen LogP contribution is -2.30. The third-order valence-electron chi connectivity index (χ3n) is 4.14. The normalized spacial score (nSPS) is 12.2. The van der Waals surface area contributed by atoms with Crippen molar-refractivity contribution >= 4 is 45.1 Å². The summed E-state index contributed by atoms with van der Waals surface area (Å²) in [5.41, 5.74) is 2.31. The van der Waals surface area contributed by atoms with E-state index in [1.165, 1.54) is 0 Å². The molecule has 0 radical (unpaired) electrons. The summed E-state index contributed by atoms with van der Waals surface area (Å²) in [6.45, 7) is 1.70. The Morgan fingerprint density at radius 3 is 2.54 bits per heavy atom. The number of hydrogen-bond donors (Lipinski definition) is 1. The lowest BCUT2D eigenvalue weighted by Gasteiger charge is -2.14. The van der Waals surface area contributed by atoms with Crippen molar-refractivity contribution in [3.63, 3.8) is 0 Å². The molecule has 26 heavy (non-hydrogen) atoms. The van der Waals surface area contributed by atoms with E-state index in [0.29, 0.717) is 16.5 Å². The van der Waals surface area contributed by atoms with Crippen LogP contribution in [0.5, 0.6) is 5.75 Å². The number of halogens is 1. The van der Waals surface area contributed by atoms with Gasteiger partial charge in [0.1, 0.15) is 16.9 Å². The van der Waals surface area contributed by atoms with Crippen LogP contribution in [0.1, 0.15) is 6.92 Å². The topological polar surface area (TPSA) is 51.5 Å². The maximum absolute atomic E-state index is 12.4. The van der Waals surface area contributed by atoms with Crippen molar-refractivity contribution in [1.29, 1.82) is 0 Å². The number of ether oxygens (including phenoxy) is 1. The van der Waals surface area contributed by atoms with Gasteiger partial charge in [-0.15, -0.1) is 0 Å². The summed E-state index contributed by atoms with van der Waals surface area (Å²) in [5.74, 6) is 0.362. The fourth-order valence-corrected chi connectivity index (χ4v) is 2.94. The van der Waals surface area contributed by atoms with Crippen LogP contribution in [0.15, 0.2) is 71.1 Å². The van der Waals surface area contributed by atoms with Crippen molar-refractivity contribution in [2.75, 3.05) is 5.32 Å². The van der Waals surface area contributed by atoms with E-state index in [-0.39, 0.29) is 5.91 Å². The molecule has 1 heterocycles. The Morgan fingerprint density at radius 1 is 1.00 bits per heavy atom. The molecule has 0 saturated carbocycles. The van der Waals surface area contributed by atoms with Crippen LogP contribution >= 0.6 is 11.6 Å². The first-order valence-electron chi connectivity index (χ1n) is 8.24. The third kappa shape index (κ3) is 3.24. The standard InChI is InChI=1S/C21H16ClNO3/c1-13(25-16-9-6-14(22)7-10-16)21(24)23-15-8-11-20-18(12-15)17-4-2-3-5-19(17)26-20/h2-13H,1H3,(H,23,24). The fourth-order valence-electron chi connectivity index (χ4n) is 2.82. The number of carbonyl (C=O) groups is 1. The van der Waals surface area contributed by atoms with Gasteiger partial charge in [-0.2, -0.15) is 0 Å². The minimum atomic E-state index is -0.645. The smallest absolute Gasteiger partial charge is 0.265 e. The number of furan rings is 1. The van der Waals surface area contributed by atoms with Crippen molar-refractivity contribution in [2.45, 2.75) is 13.0 Å². The summed E-state index contributed by atoms with van der Waals surface area (Å²) < 4.78 is 11.5. The van der Waals surface area contributed by atoms with Gasteiger partial charge in [0, 0.05) is 21.5 Å². The van der Waals surface area contributed by atoms with Crippen molar-refractivity contribution in [2.24, 2.45) is 0 Å². The predicted molar refractivity (Wildman–Crippen MR) is 104 cm³/mol. The van der Waals surface area contributed by atoms with Crippen molar-refractivity contribution in [3.8, 4) is 5.75 Å². The zero-order valence-corrected chi connectivity index (χ0v) is 14.8. The first kappa shape index (κ1) is 16.5. The summed E-state index contributed by atoms with van der Waals surface area (Å²) in [5, 5.41) is 5.49. The molecule has 1 aromatic heterocycles. The number of nitrogens with one attached hydrogen (secondary N) is 1. The summed E-state index contributed by atoms with van der Waals surface area (Å²) in [6, 6.07) is 20.3.